The lowest BCUT2D eigenvalue weighted by Gasteiger charge is -2.35. The molecule has 0 N–H and O–H groups in total. The van der Waals surface area contributed by atoms with Gasteiger partial charge in [-0.1, -0.05) is 57.2 Å². The maximum atomic E-state index is 5.06. The van der Waals surface area contributed by atoms with Gasteiger partial charge in [0.25, 0.3) is 0 Å². The van der Waals surface area contributed by atoms with Crippen molar-refractivity contribution in [2.75, 3.05) is 31.1 Å². The van der Waals surface area contributed by atoms with Crippen LogP contribution >= 0.6 is 0 Å². The third-order valence-electron chi connectivity index (χ3n) is 7.11. The number of para-hydroxylation sites is 2. The largest absolute Gasteiger partial charge is 0.366 e. The average molecular weight is 477 g/mol. The van der Waals surface area contributed by atoms with Crippen molar-refractivity contribution < 1.29 is 0 Å². The van der Waals surface area contributed by atoms with Crippen LogP contribution in [0.25, 0.3) is 27.9 Å². The van der Waals surface area contributed by atoms with E-state index in [1.165, 1.54) is 11.3 Å². The lowest BCUT2D eigenvalue weighted by atomic mass is 9.86. The predicted molar refractivity (Wildman–Crippen MR) is 146 cm³/mol. The van der Waals surface area contributed by atoms with Gasteiger partial charge in [-0.2, -0.15) is 0 Å². The Bertz CT molecular complexity index is 1500. The quantitative estimate of drug-likeness (QED) is 0.340. The molecule has 2 aromatic carbocycles. The Hall–Kier alpha value is -3.77. The highest BCUT2D eigenvalue weighted by Gasteiger charge is 2.21. The molecule has 0 aliphatic carbocycles. The Morgan fingerprint density at radius 1 is 0.806 bits per heavy atom. The smallest absolute Gasteiger partial charge is 0.161 e. The zero-order valence-electron chi connectivity index (χ0n) is 21.2. The number of aromatic nitrogens is 4. The SMILES string of the molecule is CC(C)(C)c1ccc(-c2cn3cccc(N4CCN(Cc5cnc6ccccc6n5)CC4)c3n2)cc1. The molecule has 1 fully saturated rings. The van der Waals surface area contributed by atoms with Gasteiger partial charge in [-0.05, 0) is 35.2 Å². The van der Waals surface area contributed by atoms with E-state index in [9.17, 15) is 0 Å². The Kier molecular flexibility index (Phi) is 5.69. The molecule has 0 radical (unpaired) electrons. The van der Waals surface area contributed by atoms with Gasteiger partial charge in [-0.25, -0.2) is 9.97 Å². The van der Waals surface area contributed by atoms with Gasteiger partial charge in [0.15, 0.2) is 5.65 Å². The second-order valence-electron chi connectivity index (χ2n) is 10.7. The molecule has 4 heterocycles. The van der Waals surface area contributed by atoms with Crippen molar-refractivity contribution in [3.63, 3.8) is 0 Å². The molecule has 6 rings (SSSR count). The summed E-state index contributed by atoms with van der Waals surface area (Å²) < 4.78 is 2.15. The fourth-order valence-corrected chi connectivity index (χ4v) is 4.97. The molecule has 0 spiro atoms. The lowest BCUT2D eigenvalue weighted by molar-refractivity contribution is 0.247. The molecule has 1 aliphatic heterocycles. The van der Waals surface area contributed by atoms with E-state index in [-0.39, 0.29) is 5.41 Å². The maximum absolute atomic E-state index is 5.06. The van der Waals surface area contributed by atoms with E-state index in [2.05, 4.69) is 88.7 Å². The summed E-state index contributed by atoms with van der Waals surface area (Å²) in [5, 5.41) is 0. The highest BCUT2D eigenvalue weighted by Crippen LogP contribution is 2.29. The first kappa shape index (κ1) is 22.7. The monoisotopic (exact) mass is 476 g/mol. The summed E-state index contributed by atoms with van der Waals surface area (Å²) in [6.07, 6.45) is 6.14. The first-order valence-corrected chi connectivity index (χ1v) is 12.7. The molecule has 0 unspecified atom stereocenters. The summed E-state index contributed by atoms with van der Waals surface area (Å²) in [6.45, 7) is 11.4. The third-order valence-corrected chi connectivity index (χ3v) is 7.11. The van der Waals surface area contributed by atoms with Gasteiger partial charge >= 0.3 is 0 Å². The summed E-state index contributed by atoms with van der Waals surface area (Å²) in [5.41, 5.74) is 8.79. The molecule has 0 bridgehead atoms. The number of piperazine rings is 1. The van der Waals surface area contributed by atoms with E-state index >= 15 is 0 Å². The second-order valence-corrected chi connectivity index (χ2v) is 10.7. The van der Waals surface area contributed by atoms with Crippen LogP contribution in [0.2, 0.25) is 0 Å². The standard InChI is InChI=1S/C30H32N6/c1-30(2,3)23-12-10-22(11-13-23)27-21-36-14-6-9-28(29(36)33-27)35-17-15-34(16-18-35)20-24-19-31-25-7-4-5-8-26(25)32-24/h4-14,19,21H,15-18,20H2,1-3H3. The average Bonchev–Trinajstić information content (AvgIpc) is 3.33. The topological polar surface area (TPSA) is 49.6 Å². The molecule has 0 atom stereocenters. The Labute approximate surface area is 212 Å². The van der Waals surface area contributed by atoms with Gasteiger partial charge in [0.1, 0.15) is 0 Å². The van der Waals surface area contributed by atoms with Crippen molar-refractivity contribution in [1.82, 2.24) is 24.3 Å². The van der Waals surface area contributed by atoms with Gasteiger partial charge in [0, 0.05) is 50.7 Å². The van der Waals surface area contributed by atoms with Gasteiger partial charge in [-0.15, -0.1) is 0 Å². The Balaban J connectivity index is 1.17. The Morgan fingerprint density at radius 2 is 1.56 bits per heavy atom. The van der Waals surface area contributed by atoms with Crippen molar-refractivity contribution >= 4 is 22.4 Å². The van der Waals surface area contributed by atoms with Crippen LogP contribution in [-0.4, -0.2) is 50.4 Å². The molecule has 1 aliphatic rings. The number of hydrogen-bond donors (Lipinski definition) is 0. The number of rotatable bonds is 4. The van der Waals surface area contributed by atoms with Crippen LogP contribution in [0.4, 0.5) is 5.69 Å². The van der Waals surface area contributed by atoms with E-state index in [4.69, 9.17) is 9.97 Å². The molecule has 6 nitrogen and oxygen atoms in total. The molecule has 36 heavy (non-hydrogen) atoms. The number of imidazole rings is 1. The first-order chi connectivity index (χ1) is 17.4. The second kappa shape index (κ2) is 9.03. The molecule has 0 saturated carbocycles. The summed E-state index contributed by atoms with van der Waals surface area (Å²) in [7, 11) is 0. The van der Waals surface area contributed by atoms with Crippen molar-refractivity contribution in [3.8, 4) is 11.3 Å². The van der Waals surface area contributed by atoms with Gasteiger partial charge in [-0.3, -0.25) is 9.88 Å². The molecular weight excluding hydrogens is 444 g/mol. The molecule has 1 saturated heterocycles. The minimum Gasteiger partial charge on any atom is -0.366 e. The minimum absolute atomic E-state index is 0.146. The van der Waals surface area contributed by atoms with Crippen molar-refractivity contribution in [3.05, 3.63) is 90.5 Å². The Morgan fingerprint density at radius 3 is 2.31 bits per heavy atom. The van der Waals surface area contributed by atoms with E-state index in [1.807, 2.05) is 30.5 Å². The molecular formula is C30H32N6. The maximum Gasteiger partial charge on any atom is 0.161 e. The number of fused-ring (bicyclic) bond motifs is 2. The van der Waals surface area contributed by atoms with Gasteiger partial charge in [0.05, 0.1) is 34.3 Å². The molecule has 5 aromatic rings. The highest BCUT2D eigenvalue weighted by molar-refractivity contribution is 5.74. The normalized spacial score (nSPS) is 15.1. The number of hydrogen-bond acceptors (Lipinski definition) is 5. The zero-order valence-corrected chi connectivity index (χ0v) is 21.2. The van der Waals surface area contributed by atoms with Crippen LogP contribution in [-0.2, 0) is 12.0 Å². The van der Waals surface area contributed by atoms with Gasteiger partial charge < -0.3 is 9.30 Å². The van der Waals surface area contributed by atoms with Crippen molar-refractivity contribution in [2.45, 2.75) is 32.7 Å². The number of nitrogens with zero attached hydrogens (tertiary/aromatic N) is 6. The van der Waals surface area contributed by atoms with Crippen molar-refractivity contribution in [2.24, 2.45) is 0 Å². The highest BCUT2D eigenvalue weighted by atomic mass is 15.3. The van der Waals surface area contributed by atoms with E-state index < -0.39 is 0 Å². The van der Waals surface area contributed by atoms with E-state index in [1.54, 1.807) is 0 Å². The van der Waals surface area contributed by atoms with Crippen LogP contribution in [0, 0.1) is 0 Å². The van der Waals surface area contributed by atoms with Crippen LogP contribution in [0.1, 0.15) is 32.0 Å². The fourth-order valence-electron chi connectivity index (χ4n) is 4.97. The fraction of sp³-hybridized carbons (Fsp3) is 0.300. The van der Waals surface area contributed by atoms with Crippen LogP contribution in [0.3, 0.4) is 0 Å². The van der Waals surface area contributed by atoms with Crippen LogP contribution in [0.15, 0.2) is 79.3 Å². The molecule has 0 amide bonds. The first-order valence-electron chi connectivity index (χ1n) is 12.7. The summed E-state index contributed by atoms with van der Waals surface area (Å²) in [4.78, 5) is 19.4. The lowest BCUT2D eigenvalue weighted by Crippen LogP contribution is -2.46. The van der Waals surface area contributed by atoms with Crippen LogP contribution in [0.5, 0.6) is 0 Å². The molecule has 3 aromatic heterocycles. The minimum atomic E-state index is 0.146. The zero-order chi connectivity index (χ0) is 24.7. The number of anilines is 1. The third kappa shape index (κ3) is 4.44. The number of pyridine rings is 1. The summed E-state index contributed by atoms with van der Waals surface area (Å²) in [6, 6.07) is 21.2. The van der Waals surface area contributed by atoms with E-state index in [0.717, 1.165) is 66.4 Å². The van der Waals surface area contributed by atoms with E-state index in [0.29, 0.717) is 0 Å². The summed E-state index contributed by atoms with van der Waals surface area (Å²) in [5.74, 6) is 0. The predicted octanol–water partition coefficient (Wildman–Crippen LogP) is 5.56. The summed E-state index contributed by atoms with van der Waals surface area (Å²) >= 11 is 0. The molecule has 182 valence electrons. The van der Waals surface area contributed by atoms with Gasteiger partial charge in [0.2, 0.25) is 0 Å². The number of benzene rings is 2. The van der Waals surface area contributed by atoms with Crippen molar-refractivity contribution in [1.29, 1.82) is 0 Å². The molecule has 6 heteroatoms. The van der Waals surface area contributed by atoms with Crippen LogP contribution < -0.4 is 4.90 Å².